The lowest BCUT2D eigenvalue weighted by molar-refractivity contribution is -0.139. The maximum Gasteiger partial charge on any atom is 0.242 e. The molecule has 2 rings (SSSR count). The largest absolute Gasteiger partial charge is 0.347 e. The number of benzene rings is 1. The van der Waals surface area contributed by atoms with Gasteiger partial charge in [-0.1, -0.05) is 166 Å². The van der Waals surface area contributed by atoms with Crippen LogP contribution in [-0.4, -0.2) is 106 Å². The Morgan fingerprint density at radius 2 is 1.13 bits per heavy atom. The van der Waals surface area contributed by atoms with Gasteiger partial charge in [-0.25, -0.2) is 4.31 Å². The van der Waals surface area contributed by atoms with Gasteiger partial charge in [-0.05, 0) is 66.8 Å². The van der Waals surface area contributed by atoms with Crippen molar-refractivity contribution >= 4 is 52.9 Å². The molecule has 0 aromatic heterocycles. The number of amides is 4. The highest BCUT2D eigenvalue weighted by atomic mass is 32.2. The van der Waals surface area contributed by atoms with Crippen LogP contribution in [0.5, 0.6) is 0 Å². The molecule has 0 saturated carbocycles. The molecule has 13 heteroatoms. The summed E-state index contributed by atoms with van der Waals surface area (Å²) in [7, 11) is 0. The van der Waals surface area contributed by atoms with Crippen molar-refractivity contribution in [1.82, 2.24) is 24.7 Å². The van der Waals surface area contributed by atoms with Gasteiger partial charge in [-0.2, -0.15) is 0 Å². The molecule has 0 spiro atoms. The Bertz CT molecular complexity index is 1550. The van der Waals surface area contributed by atoms with Crippen molar-refractivity contribution in [3.8, 4) is 0 Å². The van der Waals surface area contributed by atoms with E-state index in [0.717, 1.165) is 36.7 Å². The first-order chi connectivity index (χ1) is 31.5. The zero-order chi connectivity index (χ0) is 51.6. The number of hydrogen-bond acceptors (Lipinski definition) is 9. The number of carbonyl (C=O) groups excluding carboxylic acids is 7. The normalized spacial score (nSPS) is 15.1. The summed E-state index contributed by atoms with van der Waals surface area (Å²) in [5, 5.41) is 5.66. The Kier molecular flexibility index (Phi) is 37.4. The van der Waals surface area contributed by atoms with E-state index in [2.05, 4.69) is 63.4 Å². The van der Waals surface area contributed by atoms with Crippen molar-refractivity contribution in [2.75, 3.05) is 45.8 Å². The summed E-state index contributed by atoms with van der Waals surface area (Å²) in [6.07, 6.45) is 6.67. The van der Waals surface area contributed by atoms with Crippen molar-refractivity contribution in [3.05, 3.63) is 35.9 Å². The van der Waals surface area contributed by atoms with E-state index in [-0.39, 0.29) is 85.4 Å². The fourth-order valence-corrected chi connectivity index (χ4v) is 7.69. The first kappa shape index (κ1) is 65.5. The van der Waals surface area contributed by atoms with Crippen molar-refractivity contribution in [2.24, 2.45) is 41.4 Å². The van der Waals surface area contributed by atoms with Gasteiger partial charge in [0.05, 0.1) is 38.1 Å². The van der Waals surface area contributed by atoms with Gasteiger partial charge in [-0.3, -0.25) is 33.6 Å². The van der Waals surface area contributed by atoms with Crippen LogP contribution in [-0.2, 0) is 40.0 Å². The molecular formula is C54H97N5O7S. The van der Waals surface area contributed by atoms with Gasteiger partial charge in [0.2, 0.25) is 23.6 Å². The van der Waals surface area contributed by atoms with Crippen LogP contribution in [0, 0.1) is 41.4 Å². The third-order valence-corrected chi connectivity index (χ3v) is 12.2. The van der Waals surface area contributed by atoms with E-state index < -0.39 is 11.8 Å². The molecule has 0 radical (unpaired) electrons. The Morgan fingerprint density at radius 3 is 1.61 bits per heavy atom. The molecule has 2 N–H and O–H groups in total. The number of ketones is 3. The summed E-state index contributed by atoms with van der Waals surface area (Å²) in [5.41, 5.74) is 1.03. The average molecular weight is 960 g/mol. The standard InChI is InChI=1S/C43H69N5O7S.C5H12.C4H10.C2H6/c1-9-35(18-20-37(50)19-16-32(7)22-43-48(56-43)27-36(49)10-2)33(8)38(51)28-46(25-30(3)4)41(54)24-45-40(53)29-47(26-31(5)6)42(55)23-44-39(52)21-17-34-14-12-11-13-15-34;1-4-5(2)3;1-4(2)3;1-2/h11-15,30-33,35,43H,9-10,16-29H2,1-8H3,(H,44,52)(H,45,53);5H,4H2,1-3H3;4H,1-3H3;1-2H3/t32?,33?,35?,43-,48?;;;/m1.../s1. The Balaban J connectivity index is 0. The molecule has 1 aliphatic heterocycles. The van der Waals surface area contributed by atoms with Gasteiger partial charge in [0.1, 0.15) is 11.6 Å². The van der Waals surface area contributed by atoms with E-state index >= 15 is 0 Å². The molecule has 12 nitrogen and oxygen atoms in total. The van der Waals surface area contributed by atoms with Crippen LogP contribution < -0.4 is 10.6 Å². The van der Waals surface area contributed by atoms with E-state index in [1.807, 2.05) is 92.6 Å². The number of rotatable bonds is 30. The van der Waals surface area contributed by atoms with E-state index in [1.165, 1.54) is 16.2 Å². The minimum Gasteiger partial charge on any atom is -0.347 e. The van der Waals surface area contributed by atoms with Gasteiger partial charge in [-0.15, -0.1) is 0 Å². The quantitative estimate of drug-likeness (QED) is 0.0567. The van der Waals surface area contributed by atoms with Gasteiger partial charge < -0.3 is 20.4 Å². The molecule has 0 bridgehead atoms. The van der Waals surface area contributed by atoms with Crippen molar-refractivity contribution in [3.63, 3.8) is 0 Å². The van der Waals surface area contributed by atoms with Gasteiger partial charge in [0, 0.05) is 44.7 Å². The number of Topliss-reactive ketones (excluding diaryl/α,β-unsaturated/α-hetero) is 3. The molecule has 1 fully saturated rings. The maximum atomic E-state index is 13.5. The zero-order valence-corrected chi connectivity index (χ0v) is 46.0. The highest BCUT2D eigenvalue weighted by Gasteiger charge is 2.37. The molecule has 67 heavy (non-hydrogen) atoms. The Hall–Kier alpha value is -3.58. The Labute approximate surface area is 413 Å². The number of carbonyl (C=O) groups is 7. The number of nitrogens with one attached hydrogen (secondary N) is 2. The Morgan fingerprint density at radius 1 is 0.642 bits per heavy atom. The lowest BCUT2D eigenvalue weighted by Crippen LogP contribution is -2.49. The fraction of sp³-hybridized carbons (Fsp3) is 0.759. The van der Waals surface area contributed by atoms with Crippen LogP contribution in [0.3, 0.4) is 0 Å². The van der Waals surface area contributed by atoms with Crippen LogP contribution in [0.15, 0.2) is 30.3 Å². The van der Waals surface area contributed by atoms with Crippen molar-refractivity contribution < 1.29 is 33.6 Å². The monoisotopic (exact) mass is 960 g/mol. The van der Waals surface area contributed by atoms with Crippen LogP contribution in [0.4, 0.5) is 0 Å². The summed E-state index contributed by atoms with van der Waals surface area (Å²) < 4.78 is 2.12. The van der Waals surface area contributed by atoms with Crippen LogP contribution in [0.2, 0.25) is 0 Å². The predicted octanol–water partition coefficient (Wildman–Crippen LogP) is 10.2. The molecular weight excluding hydrogens is 863 g/mol. The third-order valence-electron chi connectivity index (χ3n) is 11.0. The minimum absolute atomic E-state index is 0.00484. The number of nitrogens with zero attached hydrogens (tertiary/aromatic N) is 3. The minimum atomic E-state index is -0.506. The summed E-state index contributed by atoms with van der Waals surface area (Å²) >= 11 is 1.71. The first-order valence-corrected chi connectivity index (χ1v) is 26.5. The van der Waals surface area contributed by atoms with Crippen LogP contribution in [0.25, 0.3) is 0 Å². The summed E-state index contributed by atoms with van der Waals surface area (Å²) in [6, 6.07) is 9.60. The van der Waals surface area contributed by atoms with Gasteiger partial charge in [0.15, 0.2) is 5.78 Å². The molecule has 386 valence electrons. The molecule has 1 heterocycles. The third kappa shape index (κ3) is 34.4. The zero-order valence-electron chi connectivity index (χ0n) is 45.1. The van der Waals surface area contributed by atoms with Gasteiger partial charge >= 0.3 is 0 Å². The number of hydrogen-bond donors (Lipinski definition) is 2. The van der Waals surface area contributed by atoms with Crippen molar-refractivity contribution in [2.45, 2.75) is 180 Å². The fourth-order valence-electron chi connectivity index (χ4n) is 6.64. The van der Waals surface area contributed by atoms with E-state index in [1.54, 1.807) is 11.9 Å². The molecule has 0 aliphatic carbocycles. The summed E-state index contributed by atoms with van der Waals surface area (Å²) in [6.45, 7) is 33.1. The van der Waals surface area contributed by atoms with Crippen LogP contribution >= 0.6 is 11.9 Å². The smallest absolute Gasteiger partial charge is 0.242 e. The maximum absolute atomic E-state index is 13.5. The van der Waals surface area contributed by atoms with E-state index in [4.69, 9.17) is 0 Å². The molecule has 4 unspecified atom stereocenters. The second kappa shape index (κ2) is 38.3. The summed E-state index contributed by atoms with van der Waals surface area (Å²) in [4.78, 5) is 92.7. The number of aryl methyl sites for hydroxylation is 1. The molecule has 1 aliphatic rings. The first-order valence-electron chi connectivity index (χ1n) is 25.6. The highest BCUT2D eigenvalue weighted by molar-refractivity contribution is 8.03. The van der Waals surface area contributed by atoms with E-state index in [9.17, 15) is 33.6 Å². The average Bonchev–Trinajstić information content (AvgIpc) is 4.01. The molecule has 1 aromatic carbocycles. The summed E-state index contributed by atoms with van der Waals surface area (Å²) in [5.74, 6) is 0.735. The topological polar surface area (TPSA) is 153 Å². The second-order valence-corrected chi connectivity index (χ2v) is 21.0. The predicted molar refractivity (Wildman–Crippen MR) is 279 cm³/mol. The SMILES string of the molecule is CC.CC(C)C.CCC(=O)CN1S[C@@H]1CC(C)CCC(=O)CCC(CC)C(C)C(=O)CN(CC(C)C)C(=O)CNC(=O)CN(CC(C)C)C(=O)CNC(=O)CCc1ccccc1.CCC(C)C. The second-order valence-electron chi connectivity index (χ2n) is 19.8. The molecule has 1 aromatic rings. The molecule has 5 atom stereocenters. The van der Waals surface area contributed by atoms with E-state index in [0.29, 0.717) is 63.0 Å². The highest BCUT2D eigenvalue weighted by Crippen LogP contribution is 2.43. The molecule has 4 amide bonds. The molecule has 1 saturated heterocycles. The van der Waals surface area contributed by atoms with Gasteiger partial charge in [0.25, 0.3) is 0 Å². The lowest BCUT2D eigenvalue weighted by Gasteiger charge is -2.28. The van der Waals surface area contributed by atoms with Crippen LogP contribution in [0.1, 0.15) is 174 Å². The van der Waals surface area contributed by atoms with Crippen molar-refractivity contribution in [1.29, 1.82) is 0 Å². The lowest BCUT2D eigenvalue weighted by atomic mass is 9.83.